The molecule has 0 atom stereocenters. The first-order valence-corrected chi connectivity index (χ1v) is 7.06. The Morgan fingerprint density at radius 3 is 1.89 bits per heavy atom. The number of hydrogen-bond acceptors (Lipinski definition) is 2. The minimum atomic E-state index is -0.315. The molecule has 1 amide bonds. The maximum absolute atomic E-state index is 12.0. The molecule has 0 aromatic carbocycles. The summed E-state index contributed by atoms with van der Waals surface area (Å²) in [6.07, 6.45) is 0.874. The van der Waals surface area contributed by atoms with Crippen molar-refractivity contribution in [3.63, 3.8) is 0 Å². The molecule has 0 fully saturated rings. The zero-order valence-corrected chi connectivity index (χ0v) is 13.9. The zero-order valence-electron chi connectivity index (χ0n) is 13.9. The molecule has 0 heterocycles. The van der Waals surface area contributed by atoms with Crippen LogP contribution in [0.15, 0.2) is 0 Å². The van der Waals surface area contributed by atoms with Gasteiger partial charge in [-0.3, -0.25) is 4.79 Å². The predicted molar refractivity (Wildman–Crippen MR) is 80.7 cm³/mol. The van der Waals surface area contributed by atoms with Gasteiger partial charge in [0, 0.05) is 11.5 Å². The van der Waals surface area contributed by atoms with Gasteiger partial charge >= 0.3 is 0 Å². The zero-order chi connectivity index (χ0) is 15.0. The maximum atomic E-state index is 12.0. The molecule has 2 N–H and O–H groups in total. The van der Waals surface area contributed by atoms with E-state index >= 15 is 0 Å². The Hall–Kier alpha value is -0.570. The fourth-order valence-electron chi connectivity index (χ4n) is 2.28. The second kappa shape index (κ2) is 8.52. The number of nitrogens with one attached hydrogen (secondary N) is 2. The van der Waals surface area contributed by atoms with E-state index in [2.05, 4.69) is 24.5 Å². The summed E-state index contributed by atoms with van der Waals surface area (Å²) in [6, 6.07) is 0.208. The van der Waals surface area contributed by atoms with Crippen molar-refractivity contribution in [2.24, 2.45) is 10.8 Å². The van der Waals surface area contributed by atoms with Gasteiger partial charge in [-0.2, -0.15) is 0 Å². The van der Waals surface area contributed by atoms with Crippen LogP contribution in [0.4, 0.5) is 0 Å². The average Bonchev–Trinajstić information content (AvgIpc) is 2.17. The summed E-state index contributed by atoms with van der Waals surface area (Å²) >= 11 is 0. The van der Waals surface area contributed by atoms with Gasteiger partial charge in [0.1, 0.15) is 0 Å². The molecule has 0 saturated carbocycles. The van der Waals surface area contributed by atoms with Gasteiger partial charge in [0.2, 0.25) is 5.91 Å². The van der Waals surface area contributed by atoms with E-state index in [1.807, 2.05) is 48.6 Å². The van der Waals surface area contributed by atoms with Crippen LogP contribution in [0.3, 0.4) is 0 Å². The van der Waals surface area contributed by atoms with Crippen LogP contribution in [0.25, 0.3) is 0 Å². The van der Waals surface area contributed by atoms with E-state index in [9.17, 15) is 4.79 Å². The van der Waals surface area contributed by atoms with E-state index < -0.39 is 0 Å². The molecular weight excluding hydrogens is 224 g/mol. The lowest BCUT2D eigenvalue weighted by molar-refractivity contribution is -0.131. The van der Waals surface area contributed by atoms with Gasteiger partial charge in [0.15, 0.2) is 0 Å². The highest BCUT2D eigenvalue weighted by Gasteiger charge is 2.34. The van der Waals surface area contributed by atoms with Gasteiger partial charge in [-0.1, -0.05) is 41.5 Å². The van der Waals surface area contributed by atoms with Gasteiger partial charge in [-0.05, 0) is 39.3 Å². The molecule has 0 bridgehead atoms. The predicted octanol–water partition coefficient (Wildman–Crippen LogP) is 3.20. The molecule has 0 aliphatic heterocycles. The minimum Gasteiger partial charge on any atom is -0.353 e. The Kier molecular flexibility index (Phi) is 9.35. The van der Waals surface area contributed by atoms with Crippen molar-refractivity contribution >= 4 is 5.91 Å². The Morgan fingerprint density at radius 2 is 1.56 bits per heavy atom. The third kappa shape index (κ3) is 8.51. The van der Waals surface area contributed by atoms with Crippen LogP contribution in [0.2, 0.25) is 0 Å². The van der Waals surface area contributed by atoms with Crippen LogP contribution in [0.5, 0.6) is 0 Å². The summed E-state index contributed by atoms with van der Waals surface area (Å²) in [6.45, 7) is 17.3. The average molecular weight is 258 g/mol. The molecule has 0 spiro atoms. The standard InChI is InChI=1S/C13H28N2O.C2H6/c1-10(2)15-11(16)13(5,6)8-12(3,4)9-14-7;1-2/h10,14H,8-9H2,1-7H3,(H,15,16);1-2H3. The first-order valence-electron chi connectivity index (χ1n) is 7.06. The summed E-state index contributed by atoms with van der Waals surface area (Å²) in [7, 11) is 1.95. The Labute approximate surface area is 114 Å². The topological polar surface area (TPSA) is 41.1 Å². The van der Waals surface area contributed by atoms with Crippen molar-refractivity contribution in [2.75, 3.05) is 13.6 Å². The van der Waals surface area contributed by atoms with E-state index in [1.165, 1.54) is 0 Å². The molecule has 0 aromatic heterocycles. The molecule has 0 radical (unpaired) electrons. The lowest BCUT2D eigenvalue weighted by Gasteiger charge is -2.34. The van der Waals surface area contributed by atoms with Gasteiger partial charge < -0.3 is 10.6 Å². The third-order valence-electron chi connectivity index (χ3n) is 2.61. The van der Waals surface area contributed by atoms with Gasteiger partial charge in [-0.25, -0.2) is 0 Å². The molecule has 3 heteroatoms. The SMILES string of the molecule is CC.CNCC(C)(C)CC(C)(C)C(=O)NC(C)C. The molecule has 0 saturated heterocycles. The summed E-state index contributed by atoms with van der Waals surface area (Å²) in [5.74, 6) is 0.145. The van der Waals surface area contributed by atoms with E-state index in [0.29, 0.717) is 0 Å². The summed E-state index contributed by atoms with van der Waals surface area (Å²) in [5, 5.41) is 6.17. The molecule has 0 aromatic rings. The lowest BCUT2D eigenvalue weighted by atomic mass is 9.74. The number of amides is 1. The van der Waals surface area contributed by atoms with E-state index in [1.54, 1.807) is 0 Å². The fraction of sp³-hybridized carbons (Fsp3) is 0.933. The van der Waals surface area contributed by atoms with Crippen molar-refractivity contribution in [1.29, 1.82) is 0 Å². The molecule has 0 rings (SSSR count). The van der Waals surface area contributed by atoms with Gasteiger partial charge in [-0.15, -0.1) is 0 Å². The number of carbonyl (C=O) groups is 1. The quantitative estimate of drug-likeness (QED) is 0.768. The van der Waals surface area contributed by atoms with Crippen LogP contribution in [0.1, 0.15) is 61.8 Å². The minimum absolute atomic E-state index is 0.132. The fourth-order valence-corrected chi connectivity index (χ4v) is 2.28. The number of hydrogen-bond donors (Lipinski definition) is 2. The molecule has 0 unspecified atom stereocenters. The van der Waals surface area contributed by atoms with Gasteiger partial charge in [0.25, 0.3) is 0 Å². The van der Waals surface area contributed by atoms with Crippen LogP contribution in [-0.2, 0) is 4.79 Å². The third-order valence-corrected chi connectivity index (χ3v) is 2.61. The van der Waals surface area contributed by atoms with Crippen molar-refractivity contribution in [3.05, 3.63) is 0 Å². The summed E-state index contributed by atoms with van der Waals surface area (Å²) in [5.41, 5.74) is -0.183. The largest absolute Gasteiger partial charge is 0.353 e. The smallest absolute Gasteiger partial charge is 0.225 e. The molecule has 0 aliphatic rings. The number of carbonyl (C=O) groups excluding carboxylic acids is 1. The molecular formula is C15H34N2O. The molecule has 3 nitrogen and oxygen atoms in total. The van der Waals surface area contributed by atoms with Gasteiger partial charge in [0.05, 0.1) is 0 Å². The second-order valence-corrected chi connectivity index (χ2v) is 6.38. The van der Waals surface area contributed by atoms with E-state index in [0.717, 1.165) is 13.0 Å². The summed E-state index contributed by atoms with van der Waals surface area (Å²) in [4.78, 5) is 12.0. The Morgan fingerprint density at radius 1 is 1.11 bits per heavy atom. The first kappa shape index (κ1) is 19.8. The van der Waals surface area contributed by atoms with Crippen LogP contribution in [-0.4, -0.2) is 25.5 Å². The van der Waals surface area contributed by atoms with E-state index in [-0.39, 0.29) is 22.8 Å². The molecule has 18 heavy (non-hydrogen) atoms. The Bertz CT molecular complexity index is 233. The molecule has 110 valence electrons. The van der Waals surface area contributed by atoms with Crippen molar-refractivity contribution in [1.82, 2.24) is 10.6 Å². The second-order valence-electron chi connectivity index (χ2n) is 6.38. The first-order chi connectivity index (χ1) is 8.10. The number of rotatable bonds is 6. The highest BCUT2D eigenvalue weighted by atomic mass is 16.2. The van der Waals surface area contributed by atoms with Crippen molar-refractivity contribution in [3.8, 4) is 0 Å². The Balaban J connectivity index is 0. The summed E-state index contributed by atoms with van der Waals surface area (Å²) < 4.78 is 0. The van der Waals surface area contributed by atoms with Crippen LogP contribution >= 0.6 is 0 Å². The lowest BCUT2D eigenvalue weighted by Crippen LogP contribution is -2.44. The normalized spacial score (nSPS) is 11.9. The van der Waals surface area contributed by atoms with Crippen LogP contribution in [0, 0.1) is 10.8 Å². The maximum Gasteiger partial charge on any atom is 0.225 e. The van der Waals surface area contributed by atoms with Crippen LogP contribution < -0.4 is 10.6 Å². The highest BCUT2D eigenvalue weighted by molar-refractivity contribution is 5.82. The highest BCUT2D eigenvalue weighted by Crippen LogP contribution is 2.33. The molecule has 0 aliphatic carbocycles. The van der Waals surface area contributed by atoms with Crippen molar-refractivity contribution in [2.45, 2.75) is 67.9 Å². The van der Waals surface area contributed by atoms with E-state index in [4.69, 9.17) is 0 Å². The monoisotopic (exact) mass is 258 g/mol. The van der Waals surface area contributed by atoms with Crippen molar-refractivity contribution < 1.29 is 4.79 Å².